The van der Waals surface area contributed by atoms with Gasteiger partial charge in [0.25, 0.3) is 0 Å². The van der Waals surface area contributed by atoms with Gasteiger partial charge in [0.05, 0.1) is 0 Å². The van der Waals surface area contributed by atoms with Gasteiger partial charge < -0.3 is 4.79 Å². The van der Waals surface area contributed by atoms with Crippen LogP contribution in [-0.2, 0) is 11.2 Å². The van der Waals surface area contributed by atoms with Crippen molar-refractivity contribution < 1.29 is 4.79 Å². The number of ketones is 1. The Kier molecular flexibility index (Phi) is 12.4. The van der Waals surface area contributed by atoms with Gasteiger partial charge in [-0.2, -0.15) is 0 Å². The van der Waals surface area contributed by atoms with E-state index in [-0.39, 0.29) is 7.43 Å². The third-order valence-electron chi connectivity index (χ3n) is 4.21. The second-order valence-corrected chi connectivity index (χ2v) is 6.51. The molecule has 2 aromatic carbocycles. The standard InChI is InChI=1S/C17H20.C6H12O.CH4/c1-3-16(13-15-9-5-4-6-10-15)17-11-7-8-14(2)12-17;1-3-4-5-6(2)7;/h4-12,16H,3,13H2,1-2H3;3-5H2,1-2H3;1H4. The Balaban J connectivity index is 0.000000620. The van der Waals surface area contributed by atoms with Crippen LogP contribution in [0.5, 0.6) is 0 Å². The van der Waals surface area contributed by atoms with Crippen molar-refractivity contribution in [3.8, 4) is 0 Å². The summed E-state index contributed by atoms with van der Waals surface area (Å²) in [7, 11) is 0. The number of Topliss-reactive ketones (excluding diaryl/α,β-unsaturated/α-hetero) is 1. The zero-order chi connectivity index (χ0) is 17.8. The fourth-order valence-corrected chi connectivity index (χ4v) is 2.75. The van der Waals surface area contributed by atoms with Crippen molar-refractivity contribution in [2.45, 2.75) is 73.1 Å². The van der Waals surface area contributed by atoms with Crippen molar-refractivity contribution in [3.63, 3.8) is 0 Å². The van der Waals surface area contributed by atoms with Crippen molar-refractivity contribution >= 4 is 5.78 Å². The van der Waals surface area contributed by atoms with Gasteiger partial charge in [0.1, 0.15) is 5.78 Å². The molecule has 0 aromatic heterocycles. The number of carbonyl (C=O) groups excluding carboxylic acids is 1. The van der Waals surface area contributed by atoms with Crippen molar-refractivity contribution in [2.75, 3.05) is 0 Å². The minimum Gasteiger partial charge on any atom is -0.300 e. The summed E-state index contributed by atoms with van der Waals surface area (Å²) in [4.78, 5) is 10.2. The Hall–Kier alpha value is -1.89. The summed E-state index contributed by atoms with van der Waals surface area (Å²) in [6.07, 6.45) is 5.27. The Bertz CT molecular complexity index is 586. The van der Waals surface area contributed by atoms with E-state index < -0.39 is 0 Å². The van der Waals surface area contributed by atoms with Crippen LogP contribution in [0.3, 0.4) is 0 Å². The average Bonchev–Trinajstić information content (AvgIpc) is 2.59. The first kappa shape index (κ1) is 23.1. The molecule has 2 rings (SSSR count). The molecule has 0 spiro atoms. The number of rotatable bonds is 7. The van der Waals surface area contributed by atoms with Gasteiger partial charge >= 0.3 is 0 Å². The quantitative estimate of drug-likeness (QED) is 0.524. The number of unbranched alkanes of at least 4 members (excludes halogenated alkanes) is 1. The molecule has 0 fully saturated rings. The molecule has 0 saturated carbocycles. The number of benzene rings is 2. The van der Waals surface area contributed by atoms with Crippen LogP contribution in [0.4, 0.5) is 0 Å². The van der Waals surface area contributed by atoms with Gasteiger partial charge in [-0.1, -0.05) is 87.9 Å². The van der Waals surface area contributed by atoms with Gasteiger partial charge in [-0.25, -0.2) is 0 Å². The lowest BCUT2D eigenvalue weighted by Crippen LogP contribution is -2.02. The molecule has 25 heavy (non-hydrogen) atoms. The largest absolute Gasteiger partial charge is 0.300 e. The van der Waals surface area contributed by atoms with E-state index >= 15 is 0 Å². The van der Waals surface area contributed by atoms with E-state index in [0.717, 1.165) is 25.7 Å². The lowest BCUT2D eigenvalue weighted by molar-refractivity contribution is -0.117. The van der Waals surface area contributed by atoms with E-state index in [4.69, 9.17) is 0 Å². The molecule has 0 saturated heterocycles. The number of aryl methyl sites for hydroxylation is 1. The molecule has 0 aliphatic carbocycles. The Morgan fingerprint density at radius 3 is 2.16 bits per heavy atom. The van der Waals surface area contributed by atoms with Gasteiger partial charge in [0, 0.05) is 6.42 Å². The van der Waals surface area contributed by atoms with Gasteiger partial charge in [-0.3, -0.25) is 0 Å². The average molecular weight is 341 g/mol. The first-order valence-corrected chi connectivity index (χ1v) is 9.16. The molecule has 138 valence electrons. The van der Waals surface area contributed by atoms with Crippen LogP contribution < -0.4 is 0 Å². The fraction of sp³-hybridized carbons (Fsp3) is 0.458. The lowest BCUT2D eigenvalue weighted by atomic mass is 9.89. The molecule has 0 N–H and O–H groups in total. The van der Waals surface area contributed by atoms with Gasteiger partial charge in [-0.15, -0.1) is 0 Å². The van der Waals surface area contributed by atoms with Crippen LogP contribution in [0.1, 0.15) is 76.5 Å². The number of hydrogen-bond donors (Lipinski definition) is 0. The van der Waals surface area contributed by atoms with E-state index in [1.807, 2.05) is 0 Å². The van der Waals surface area contributed by atoms with Crippen LogP contribution >= 0.6 is 0 Å². The van der Waals surface area contributed by atoms with Crippen LogP contribution in [0.2, 0.25) is 0 Å². The predicted molar refractivity (Wildman–Crippen MR) is 111 cm³/mol. The summed E-state index contributed by atoms with van der Waals surface area (Å²) in [6, 6.07) is 19.7. The van der Waals surface area contributed by atoms with E-state index in [2.05, 4.69) is 75.4 Å². The van der Waals surface area contributed by atoms with E-state index in [0.29, 0.717) is 11.7 Å². The SMILES string of the molecule is C.CCC(Cc1ccccc1)c1cccc(C)c1.CCCCC(C)=O. The molecule has 2 aromatic rings. The zero-order valence-corrected chi connectivity index (χ0v) is 15.7. The maximum absolute atomic E-state index is 10.2. The van der Waals surface area contributed by atoms with Crippen molar-refractivity contribution in [2.24, 2.45) is 0 Å². The van der Waals surface area contributed by atoms with Gasteiger partial charge in [0.2, 0.25) is 0 Å². The van der Waals surface area contributed by atoms with Gasteiger partial charge in [0.15, 0.2) is 0 Å². The molecule has 1 unspecified atom stereocenters. The van der Waals surface area contributed by atoms with Gasteiger partial charge in [-0.05, 0) is 50.2 Å². The van der Waals surface area contributed by atoms with E-state index in [1.54, 1.807) is 6.92 Å². The molecular weight excluding hydrogens is 304 g/mol. The second kappa shape index (κ2) is 13.4. The first-order valence-electron chi connectivity index (χ1n) is 9.16. The van der Waals surface area contributed by atoms with Crippen molar-refractivity contribution in [3.05, 3.63) is 71.3 Å². The molecule has 1 heteroatoms. The highest BCUT2D eigenvalue weighted by Crippen LogP contribution is 2.24. The number of carbonyl (C=O) groups is 1. The molecule has 0 aliphatic rings. The maximum Gasteiger partial charge on any atom is 0.129 e. The molecule has 0 bridgehead atoms. The molecular formula is C24H36O. The fourth-order valence-electron chi connectivity index (χ4n) is 2.75. The minimum absolute atomic E-state index is 0. The first-order chi connectivity index (χ1) is 11.6. The highest BCUT2D eigenvalue weighted by molar-refractivity contribution is 5.75. The maximum atomic E-state index is 10.2. The topological polar surface area (TPSA) is 17.1 Å². The summed E-state index contributed by atoms with van der Waals surface area (Å²) >= 11 is 0. The van der Waals surface area contributed by atoms with E-state index in [1.165, 1.54) is 23.1 Å². The second-order valence-electron chi connectivity index (χ2n) is 6.51. The van der Waals surface area contributed by atoms with Crippen LogP contribution in [0, 0.1) is 6.92 Å². The Labute approximate surface area is 155 Å². The minimum atomic E-state index is 0. The Morgan fingerprint density at radius 1 is 1.00 bits per heavy atom. The Morgan fingerprint density at radius 2 is 1.68 bits per heavy atom. The van der Waals surface area contributed by atoms with Crippen molar-refractivity contribution in [1.82, 2.24) is 0 Å². The normalized spacial score (nSPS) is 10.9. The monoisotopic (exact) mass is 340 g/mol. The highest BCUT2D eigenvalue weighted by Gasteiger charge is 2.09. The van der Waals surface area contributed by atoms with E-state index in [9.17, 15) is 4.79 Å². The summed E-state index contributed by atoms with van der Waals surface area (Å²) in [5.41, 5.74) is 4.26. The summed E-state index contributed by atoms with van der Waals surface area (Å²) in [6.45, 7) is 8.16. The number of hydrogen-bond acceptors (Lipinski definition) is 1. The summed E-state index contributed by atoms with van der Waals surface area (Å²) in [5, 5.41) is 0. The predicted octanol–water partition coefficient (Wildman–Crippen LogP) is 7.13. The molecule has 0 amide bonds. The summed E-state index contributed by atoms with van der Waals surface area (Å²) < 4.78 is 0. The van der Waals surface area contributed by atoms with Crippen LogP contribution in [0.25, 0.3) is 0 Å². The molecule has 1 atom stereocenters. The molecule has 0 radical (unpaired) electrons. The highest BCUT2D eigenvalue weighted by atomic mass is 16.1. The van der Waals surface area contributed by atoms with Crippen LogP contribution in [-0.4, -0.2) is 5.78 Å². The van der Waals surface area contributed by atoms with Crippen LogP contribution in [0.15, 0.2) is 54.6 Å². The van der Waals surface area contributed by atoms with Crippen molar-refractivity contribution in [1.29, 1.82) is 0 Å². The summed E-state index contributed by atoms with van der Waals surface area (Å²) in [5.74, 6) is 0.944. The zero-order valence-electron chi connectivity index (χ0n) is 15.7. The molecule has 1 nitrogen and oxygen atoms in total. The molecule has 0 heterocycles. The lowest BCUT2D eigenvalue weighted by Gasteiger charge is -2.16. The third kappa shape index (κ3) is 9.86. The smallest absolute Gasteiger partial charge is 0.129 e. The third-order valence-corrected chi connectivity index (χ3v) is 4.21. The molecule has 0 aliphatic heterocycles.